The molecular weight excluding hydrogens is 350 g/mol. The first-order valence-corrected chi connectivity index (χ1v) is 9.08. The fourth-order valence-electron chi connectivity index (χ4n) is 2.96. The molecule has 3 N–H and O–H groups in total. The highest BCUT2D eigenvalue weighted by Crippen LogP contribution is 2.22. The quantitative estimate of drug-likeness (QED) is 0.636. The molecule has 6 heteroatoms. The normalized spacial score (nSPS) is 16.4. The molecule has 0 spiro atoms. The summed E-state index contributed by atoms with van der Waals surface area (Å²) in [5.74, 6) is 1.00. The summed E-state index contributed by atoms with van der Waals surface area (Å²) >= 11 is 0. The van der Waals surface area contributed by atoms with Gasteiger partial charge >= 0.3 is 0 Å². The molecule has 0 aromatic heterocycles. The van der Waals surface area contributed by atoms with Crippen molar-refractivity contribution in [3.63, 3.8) is 0 Å². The summed E-state index contributed by atoms with van der Waals surface area (Å²) in [5.41, 5.74) is 10.6. The molecule has 2 aromatic rings. The van der Waals surface area contributed by atoms with Crippen molar-refractivity contribution in [1.82, 2.24) is 10.2 Å². The van der Waals surface area contributed by atoms with Crippen LogP contribution in [-0.4, -0.2) is 36.7 Å². The number of nitrogens with two attached hydrogens (primary N) is 1. The van der Waals surface area contributed by atoms with E-state index in [0.717, 1.165) is 27.8 Å². The van der Waals surface area contributed by atoms with Crippen molar-refractivity contribution in [2.45, 2.75) is 20.0 Å². The van der Waals surface area contributed by atoms with Gasteiger partial charge in [-0.2, -0.15) is 0 Å². The lowest BCUT2D eigenvalue weighted by Crippen LogP contribution is -2.46. The Hall–Kier alpha value is -3.41. The van der Waals surface area contributed by atoms with E-state index in [2.05, 4.69) is 15.3 Å². The molecule has 144 valence electrons. The topological polar surface area (TPSA) is 83.1 Å². The predicted molar refractivity (Wildman–Crippen MR) is 114 cm³/mol. The smallest absolute Gasteiger partial charge is 0.202 e. The fourth-order valence-corrected chi connectivity index (χ4v) is 2.96. The number of rotatable bonds is 4. The van der Waals surface area contributed by atoms with Crippen LogP contribution in [0.5, 0.6) is 0 Å². The molecule has 0 aliphatic carbocycles. The van der Waals surface area contributed by atoms with Crippen LogP contribution >= 0.6 is 0 Å². The lowest BCUT2D eigenvalue weighted by atomic mass is 10.0. The van der Waals surface area contributed by atoms with Crippen molar-refractivity contribution in [2.24, 2.45) is 15.7 Å². The number of hydrogen-bond acceptors (Lipinski definition) is 6. The van der Waals surface area contributed by atoms with E-state index < -0.39 is 0 Å². The van der Waals surface area contributed by atoms with Gasteiger partial charge in [-0.05, 0) is 36.6 Å². The molecule has 0 radical (unpaired) electrons. The largest absolute Gasteiger partial charge is 0.370 e. The Balaban J connectivity index is 1.75. The summed E-state index contributed by atoms with van der Waals surface area (Å²) in [4.78, 5) is 23.2. The molecular formula is C22H25N5O. The number of ketones is 1. The predicted octanol–water partition coefficient (Wildman–Crippen LogP) is 3.03. The molecule has 1 aliphatic rings. The van der Waals surface area contributed by atoms with E-state index in [0.29, 0.717) is 11.9 Å². The number of aliphatic imine (C=N–C) groups is 2. The van der Waals surface area contributed by atoms with Gasteiger partial charge in [-0.3, -0.25) is 10.1 Å². The number of nitrogens with zero attached hydrogens (tertiary/aromatic N) is 3. The molecule has 0 bridgehead atoms. The SMILES string of the molecule is Cc1ccc(C(=O)/C=C/c2ccc(C3N=C(N)NC(N(C)C)=N3)cc2)c(C)c1. The summed E-state index contributed by atoms with van der Waals surface area (Å²) in [6.07, 6.45) is 3.05. The van der Waals surface area contributed by atoms with Crippen LogP contribution in [0.15, 0.2) is 58.5 Å². The third kappa shape index (κ3) is 4.46. The number of benzene rings is 2. The second-order valence-corrected chi connectivity index (χ2v) is 7.04. The standard InChI is InChI=1S/C22H25N5O/c1-14-5-11-18(15(2)13-14)19(28)12-8-16-6-9-17(10-7-16)20-24-21(23)26-22(25-20)27(3)4/h5-13,20H,1-4H3,(H3,23,24,25,26)/b12-8+. The zero-order valence-corrected chi connectivity index (χ0v) is 16.6. The maximum atomic E-state index is 12.5. The number of allylic oxidation sites excluding steroid dienone is 1. The zero-order valence-electron chi connectivity index (χ0n) is 16.6. The van der Waals surface area contributed by atoms with Crippen molar-refractivity contribution in [3.8, 4) is 0 Å². The van der Waals surface area contributed by atoms with Crippen molar-refractivity contribution < 1.29 is 4.79 Å². The summed E-state index contributed by atoms with van der Waals surface area (Å²) in [7, 11) is 3.78. The Labute approximate surface area is 165 Å². The molecule has 0 fully saturated rings. The van der Waals surface area contributed by atoms with Gasteiger partial charge in [0, 0.05) is 19.7 Å². The fraction of sp³-hybridized carbons (Fsp3) is 0.227. The van der Waals surface area contributed by atoms with Gasteiger partial charge in [-0.25, -0.2) is 9.98 Å². The number of nitrogens with one attached hydrogen (secondary N) is 1. The summed E-state index contributed by atoms with van der Waals surface area (Å²) in [5, 5.41) is 2.94. The van der Waals surface area contributed by atoms with Gasteiger partial charge in [-0.15, -0.1) is 0 Å². The van der Waals surface area contributed by atoms with Crippen molar-refractivity contribution in [2.75, 3.05) is 14.1 Å². The first-order chi connectivity index (χ1) is 13.3. The lowest BCUT2D eigenvalue weighted by Gasteiger charge is -2.23. The van der Waals surface area contributed by atoms with Crippen LogP contribution in [0.1, 0.15) is 38.8 Å². The van der Waals surface area contributed by atoms with Crippen LogP contribution in [0.4, 0.5) is 0 Å². The number of aryl methyl sites for hydroxylation is 2. The van der Waals surface area contributed by atoms with Crippen LogP contribution in [-0.2, 0) is 0 Å². The molecule has 1 heterocycles. The minimum absolute atomic E-state index is 0.00229. The highest BCUT2D eigenvalue weighted by molar-refractivity contribution is 6.07. The maximum absolute atomic E-state index is 12.5. The second-order valence-electron chi connectivity index (χ2n) is 7.04. The molecule has 0 saturated heterocycles. The van der Waals surface area contributed by atoms with E-state index in [1.165, 1.54) is 0 Å². The van der Waals surface area contributed by atoms with Gasteiger partial charge in [0.05, 0.1) is 0 Å². The highest BCUT2D eigenvalue weighted by Gasteiger charge is 2.17. The van der Waals surface area contributed by atoms with Gasteiger partial charge in [0.15, 0.2) is 17.9 Å². The van der Waals surface area contributed by atoms with Crippen molar-refractivity contribution >= 4 is 23.8 Å². The Morgan fingerprint density at radius 3 is 2.46 bits per heavy atom. The molecule has 1 unspecified atom stereocenters. The number of hydrogen-bond donors (Lipinski definition) is 2. The third-order valence-corrected chi connectivity index (χ3v) is 4.48. The zero-order chi connectivity index (χ0) is 20.3. The van der Waals surface area contributed by atoms with Crippen LogP contribution < -0.4 is 11.1 Å². The molecule has 0 saturated carbocycles. The molecule has 1 atom stereocenters. The Bertz CT molecular complexity index is 971. The van der Waals surface area contributed by atoms with Gasteiger partial charge in [0.25, 0.3) is 0 Å². The third-order valence-electron chi connectivity index (χ3n) is 4.48. The van der Waals surface area contributed by atoms with E-state index in [1.54, 1.807) is 6.08 Å². The van der Waals surface area contributed by atoms with Gasteiger partial charge in [-0.1, -0.05) is 54.1 Å². The Morgan fingerprint density at radius 1 is 1.11 bits per heavy atom. The first-order valence-electron chi connectivity index (χ1n) is 9.08. The molecule has 28 heavy (non-hydrogen) atoms. The number of guanidine groups is 2. The van der Waals surface area contributed by atoms with E-state index in [4.69, 9.17) is 5.73 Å². The van der Waals surface area contributed by atoms with Gasteiger partial charge in [0.2, 0.25) is 5.96 Å². The highest BCUT2D eigenvalue weighted by atomic mass is 16.1. The molecule has 3 rings (SSSR count). The van der Waals surface area contributed by atoms with Crippen LogP contribution in [0, 0.1) is 13.8 Å². The molecule has 1 aliphatic heterocycles. The maximum Gasteiger partial charge on any atom is 0.202 e. The van der Waals surface area contributed by atoms with E-state index in [9.17, 15) is 4.79 Å². The van der Waals surface area contributed by atoms with E-state index in [1.807, 2.05) is 81.4 Å². The van der Waals surface area contributed by atoms with Crippen LogP contribution in [0.25, 0.3) is 6.08 Å². The first kappa shape index (κ1) is 19.4. The number of carbonyl (C=O) groups excluding carboxylic acids is 1. The van der Waals surface area contributed by atoms with Crippen molar-refractivity contribution in [3.05, 3.63) is 76.4 Å². The van der Waals surface area contributed by atoms with E-state index >= 15 is 0 Å². The van der Waals surface area contributed by atoms with Gasteiger partial charge < -0.3 is 10.6 Å². The number of carbonyl (C=O) groups is 1. The summed E-state index contributed by atoms with van der Waals surface area (Å²) in [6, 6.07) is 13.6. The van der Waals surface area contributed by atoms with Gasteiger partial charge in [0.1, 0.15) is 0 Å². The average Bonchev–Trinajstić information content (AvgIpc) is 2.66. The minimum Gasteiger partial charge on any atom is -0.370 e. The monoisotopic (exact) mass is 375 g/mol. The molecule has 2 aromatic carbocycles. The van der Waals surface area contributed by atoms with Crippen LogP contribution in [0.2, 0.25) is 0 Å². The lowest BCUT2D eigenvalue weighted by molar-refractivity contribution is 0.104. The second kappa shape index (κ2) is 8.08. The molecule has 0 amide bonds. The van der Waals surface area contributed by atoms with Crippen molar-refractivity contribution in [1.29, 1.82) is 0 Å². The average molecular weight is 375 g/mol. The summed E-state index contributed by atoms with van der Waals surface area (Å²) in [6.45, 7) is 3.97. The Morgan fingerprint density at radius 2 is 1.82 bits per heavy atom. The van der Waals surface area contributed by atoms with E-state index in [-0.39, 0.29) is 11.9 Å². The minimum atomic E-state index is -0.381. The summed E-state index contributed by atoms with van der Waals surface area (Å²) < 4.78 is 0. The van der Waals surface area contributed by atoms with Crippen LogP contribution in [0.3, 0.4) is 0 Å². The molecule has 6 nitrogen and oxygen atoms in total. The Kier molecular flexibility index (Phi) is 5.59.